The van der Waals surface area contributed by atoms with Gasteiger partial charge in [-0.05, 0) is 71.8 Å². The van der Waals surface area contributed by atoms with Gasteiger partial charge >= 0.3 is 0 Å². The van der Waals surface area contributed by atoms with Gasteiger partial charge in [0.25, 0.3) is 5.56 Å². The van der Waals surface area contributed by atoms with E-state index in [1.807, 2.05) is 61.7 Å². The Morgan fingerprint density at radius 3 is 2.82 bits per heavy atom. The van der Waals surface area contributed by atoms with Gasteiger partial charge in [-0.15, -0.1) is 5.10 Å². The van der Waals surface area contributed by atoms with Crippen molar-refractivity contribution in [1.82, 2.24) is 35.1 Å². The number of aromatic nitrogens is 6. The molecule has 0 spiro atoms. The second kappa shape index (κ2) is 11.8. The molecule has 4 aromatic heterocycles. The average Bonchev–Trinajstić information content (AvgIpc) is 3.61. The minimum Gasteiger partial charge on any atom is -0.494 e. The van der Waals surface area contributed by atoms with Gasteiger partial charge in [0.05, 0.1) is 18.9 Å². The number of tetrazole rings is 1. The molecule has 1 N–H and O–H groups in total. The number of hydrogen-bond donors (Lipinski definition) is 1. The first kappa shape index (κ1) is 25.3. The zero-order valence-electron chi connectivity index (χ0n) is 21.6. The summed E-state index contributed by atoms with van der Waals surface area (Å²) < 4.78 is 13.0. The number of hydrogen-bond acceptors (Lipinski definition) is 8. The lowest BCUT2D eigenvalue weighted by atomic mass is 10.1. The highest BCUT2D eigenvalue weighted by Crippen LogP contribution is 2.28. The number of ether oxygens (including phenoxy) is 1. The Balaban J connectivity index is 1.53. The summed E-state index contributed by atoms with van der Waals surface area (Å²) >= 11 is 0. The van der Waals surface area contributed by atoms with Crippen LogP contribution in [0.1, 0.15) is 55.4 Å². The lowest BCUT2D eigenvalue weighted by molar-refractivity contribution is 0.155. The molecule has 0 saturated heterocycles. The van der Waals surface area contributed by atoms with Gasteiger partial charge in [-0.3, -0.25) is 14.7 Å². The second-order valence-electron chi connectivity index (χ2n) is 9.15. The molecule has 10 heteroatoms. The molecule has 196 valence electrons. The van der Waals surface area contributed by atoms with Gasteiger partial charge in [0, 0.05) is 41.9 Å². The Kier molecular flexibility index (Phi) is 7.89. The van der Waals surface area contributed by atoms with Gasteiger partial charge in [-0.2, -0.15) is 0 Å². The fourth-order valence-electron chi connectivity index (χ4n) is 4.69. The van der Waals surface area contributed by atoms with E-state index in [0.717, 1.165) is 46.6 Å². The van der Waals surface area contributed by atoms with Gasteiger partial charge in [0.2, 0.25) is 0 Å². The van der Waals surface area contributed by atoms with E-state index in [1.165, 1.54) is 0 Å². The SMILES string of the molecule is CCC[C@H](c1nnnn1Cc1ccco1)N(Cc1cccnc1)Cc1cc2cc(OCC)ccc2[nH]c1=O. The van der Waals surface area contributed by atoms with Crippen LogP contribution in [0, 0.1) is 0 Å². The summed E-state index contributed by atoms with van der Waals surface area (Å²) in [6.07, 6.45) is 6.96. The summed E-state index contributed by atoms with van der Waals surface area (Å²) in [5.41, 5.74) is 2.34. The lowest BCUT2D eigenvalue weighted by Crippen LogP contribution is -2.32. The van der Waals surface area contributed by atoms with Crippen molar-refractivity contribution in [2.24, 2.45) is 0 Å². The number of nitrogens with one attached hydrogen (secondary N) is 1. The van der Waals surface area contributed by atoms with Crippen molar-refractivity contribution in [2.75, 3.05) is 6.61 Å². The third-order valence-electron chi connectivity index (χ3n) is 6.43. The van der Waals surface area contributed by atoms with Gasteiger partial charge in [-0.1, -0.05) is 19.4 Å². The highest BCUT2D eigenvalue weighted by Gasteiger charge is 2.27. The predicted molar refractivity (Wildman–Crippen MR) is 142 cm³/mol. The van der Waals surface area contributed by atoms with E-state index < -0.39 is 0 Å². The van der Waals surface area contributed by atoms with E-state index in [9.17, 15) is 4.79 Å². The maximum atomic E-state index is 13.2. The molecule has 5 rings (SSSR count). The molecule has 0 aliphatic carbocycles. The van der Waals surface area contributed by atoms with E-state index in [-0.39, 0.29) is 11.6 Å². The molecular formula is C28H31N7O3. The van der Waals surface area contributed by atoms with Crippen molar-refractivity contribution in [1.29, 1.82) is 0 Å². The number of benzene rings is 1. The Morgan fingerprint density at radius 2 is 2.05 bits per heavy atom. The van der Waals surface area contributed by atoms with Crippen LogP contribution in [0.4, 0.5) is 0 Å². The van der Waals surface area contributed by atoms with E-state index in [4.69, 9.17) is 9.15 Å². The summed E-state index contributed by atoms with van der Waals surface area (Å²) in [7, 11) is 0. The summed E-state index contributed by atoms with van der Waals surface area (Å²) in [5.74, 6) is 2.26. The molecule has 0 radical (unpaired) electrons. The Labute approximate surface area is 220 Å². The van der Waals surface area contributed by atoms with Crippen molar-refractivity contribution >= 4 is 10.9 Å². The van der Waals surface area contributed by atoms with Crippen molar-refractivity contribution in [3.8, 4) is 5.75 Å². The highest BCUT2D eigenvalue weighted by atomic mass is 16.5. The molecule has 0 saturated carbocycles. The van der Waals surface area contributed by atoms with E-state index in [1.54, 1.807) is 17.1 Å². The third kappa shape index (κ3) is 5.81. The monoisotopic (exact) mass is 513 g/mol. The van der Waals surface area contributed by atoms with Gasteiger partial charge in [0.1, 0.15) is 18.1 Å². The normalized spacial score (nSPS) is 12.3. The molecule has 10 nitrogen and oxygen atoms in total. The van der Waals surface area contributed by atoms with Crippen LogP contribution >= 0.6 is 0 Å². The lowest BCUT2D eigenvalue weighted by Gasteiger charge is -2.30. The minimum absolute atomic E-state index is 0.122. The number of aromatic amines is 1. The van der Waals surface area contributed by atoms with Crippen molar-refractivity contribution in [2.45, 2.75) is 52.4 Å². The van der Waals surface area contributed by atoms with Gasteiger partial charge in [-0.25, -0.2) is 4.68 Å². The molecule has 38 heavy (non-hydrogen) atoms. The second-order valence-corrected chi connectivity index (χ2v) is 9.15. The van der Waals surface area contributed by atoms with E-state index in [0.29, 0.717) is 31.8 Å². The number of fused-ring (bicyclic) bond motifs is 1. The smallest absolute Gasteiger partial charge is 0.252 e. The van der Waals surface area contributed by atoms with Crippen molar-refractivity contribution in [3.63, 3.8) is 0 Å². The van der Waals surface area contributed by atoms with Crippen LogP contribution in [0.2, 0.25) is 0 Å². The summed E-state index contributed by atoms with van der Waals surface area (Å²) in [6, 6.07) is 15.2. The summed E-state index contributed by atoms with van der Waals surface area (Å²) in [4.78, 5) is 22.8. The number of rotatable bonds is 12. The van der Waals surface area contributed by atoms with Crippen LogP contribution in [0.15, 0.2) is 76.4 Å². The Morgan fingerprint density at radius 1 is 1.13 bits per heavy atom. The molecule has 4 heterocycles. The number of H-pyrrole nitrogens is 1. The fourth-order valence-corrected chi connectivity index (χ4v) is 4.69. The highest BCUT2D eigenvalue weighted by molar-refractivity contribution is 5.80. The first-order valence-electron chi connectivity index (χ1n) is 12.8. The fraction of sp³-hybridized carbons (Fsp3) is 0.321. The van der Waals surface area contributed by atoms with E-state index in [2.05, 4.69) is 37.3 Å². The summed E-state index contributed by atoms with van der Waals surface area (Å²) in [6.45, 7) is 6.05. The zero-order valence-corrected chi connectivity index (χ0v) is 21.6. The van der Waals surface area contributed by atoms with Crippen molar-refractivity contribution < 1.29 is 9.15 Å². The molecule has 0 aliphatic rings. The van der Waals surface area contributed by atoms with Crippen LogP contribution in [0.3, 0.4) is 0 Å². The molecule has 0 unspecified atom stereocenters. The first-order valence-corrected chi connectivity index (χ1v) is 12.8. The first-order chi connectivity index (χ1) is 18.6. The van der Waals surface area contributed by atoms with Crippen molar-refractivity contribution in [3.05, 3.63) is 100 Å². The molecule has 0 amide bonds. The molecule has 0 fully saturated rings. The molecule has 0 aliphatic heterocycles. The van der Waals surface area contributed by atoms with Crippen LogP contribution in [0.5, 0.6) is 5.75 Å². The van der Waals surface area contributed by atoms with Crippen LogP contribution in [-0.4, -0.2) is 41.7 Å². The minimum atomic E-state index is -0.143. The van der Waals surface area contributed by atoms with Crippen LogP contribution < -0.4 is 10.3 Å². The molecule has 1 aromatic carbocycles. The number of furan rings is 1. The molecular weight excluding hydrogens is 482 g/mol. The van der Waals surface area contributed by atoms with Gasteiger partial charge in [0.15, 0.2) is 5.82 Å². The quantitative estimate of drug-likeness (QED) is 0.259. The maximum absolute atomic E-state index is 13.2. The topological polar surface area (TPSA) is 115 Å². The number of pyridine rings is 2. The Hall–Kier alpha value is -4.31. The van der Waals surface area contributed by atoms with Gasteiger partial charge < -0.3 is 14.1 Å². The summed E-state index contributed by atoms with van der Waals surface area (Å²) in [5, 5.41) is 13.6. The standard InChI is InChI=1S/C28H31N7O3/c1-3-7-26(27-31-32-33-35(27)19-24-9-6-13-38-24)34(17-20-8-5-12-29-16-20)18-22-14-21-15-23(37-4-2)10-11-25(21)30-28(22)36/h5-6,8-16,26H,3-4,7,17-19H2,1-2H3,(H,30,36)/t26-/m1/s1. The molecule has 5 aromatic rings. The zero-order chi connectivity index (χ0) is 26.3. The number of nitrogens with zero attached hydrogens (tertiary/aromatic N) is 6. The third-order valence-corrected chi connectivity index (χ3v) is 6.43. The Bertz CT molecular complexity index is 1510. The predicted octanol–water partition coefficient (Wildman–Crippen LogP) is 4.49. The largest absolute Gasteiger partial charge is 0.494 e. The van der Waals surface area contributed by atoms with Crippen LogP contribution in [0.25, 0.3) is 10.9 Å². The molecule has 0 bridgehead atoms. The van der Waals surface area contributed by atoms with Crippen LogP contribution in [-0.2, 0) is 19.6 Å². The van der Waals surface area contributed by atoms with E-state index >= 15 is 0 Å². The molecule has 1 atom stereocenters. The maximum Gasteiger partial charge on any atom is 0.252 e. The average molecular weight is 514 g/mol.